The number of alkyl halides is 6. The van der Waals surface area contributed by atoms with Gasteiger partial charge >= 0.3 is 12.4 Å². The normalized spacial score (nSPS) is 12.1. The van der Waals surface area contributed by atoms with E-state index in [1.807, 2.05) is 0 Å². The van der Waals surface area contributed by atoms with Gasteiger partial charge in [0.1, 0.15) is 5.75 Å². The first-order valence-corrected chi connectivity index (χ1v) is 6.56. The molecule has 0 bridgehead atoms. The van der Waals surface area contributed by atoms with E-state index in [-0.39, 0.29) is 11.8 Å². The Kier molecular flexibility index (Phi) is 4.65. The van der Waals surface area contributed by atoms with Gasteiger partial charge in [0, 0.05) is 12.1 Å². The third-order valence-corrected chi connectivity index (χ3v) is 3.34. The largest absolute Gasteiger partial charge is 0.497 e. The standard InChI is InChI=1S/C15H9F6NO3/c1-25-9-3-5-11(13(7-9)15(19,20)21)10-4-2-8(22(23)24)6-12(10)14(16,17)18/h2-7H,1H3. The van der Waals surface area contributed by atoms with Crippen molar-refractivity contribution in [3.8, 4) is 16.9 Å². The van der Waals surface area contributed by atoms with Crippen molar-refractivity contribution < 1.29 is 36.0 Å². The zero-order valence-electron chi connectivity index (χ0n) is 12.4. The molecule has 0 aromatic heterocycles. The number of non-ortho nitro benzene ring substituents is 1. The molecule has 2 rings (SSSR count). The zero-order chi connectivity index (χ0) is 19.0. The van der Waals surface area contributed by atoms with Gasteiger partial charge in [0.2, 0.25) is 0 Å². The smallest absolute Gasteiger partial charge is 0.417 e. The Hall–Kier alpha value is -2.78. The lowest BCUT2D eigenvalue weighted by Gasteiger charge is -2.18. The molecule has 25 heavy (non-hydrogen) atoms. The minimum Gasteiger partial charge on any atom is -0.497 e. The highest BCUT2D eigenvalue weighted by Gasteiger charge is 2.39. The van der Waals surface area contributed by atoms with Gasteiger partial charge in [0.25, 0.3) is 5.69 Å². The lowest BCUT2D eigenvalue weighted by Crippen LogP contribution is -2.12. The monoisotopic (exact) mass is 365 g/mol. The van der Waals surface area contributed by atoms with Gasteiger partial charge in [-0.15, -0.1) is 0 Å². The Bertz CT molecular complexity index is 814. The van der Waals surface area contributed by atoms with Crippen LogP contribution in [0, 0.1) is 10.1 Å². The fourth-order valence-corrected chi connectivity index (χ4v) is 2.23. The number of rotatable bonds is 3. The second-order valence-electron chi connectivity index (χ2n) is 4.89. The van der Waals surface area contributed by atoms with Crippen molar-refractivity contribution in [3.05, 3.63) is 57.6 Å². The van der Waals surface area contributed by atoms with Crippen LogP contribution in [0.3, 0.4) is 0 Å². The first-order valence-electron chi connectivity index (χ1n) is 6.56. The number of nitro groups is 1. The summed E-state index contributed by atoms with van der Waals surface area (Å²) in [6, 6.07) is 4.05. The summed E-state index contributed by atoms with van der Waals surface area (Å²) in [5, 5.41) is 10.7. The quantitative estimate of drug-likeness (QED) is 0.421. The second kappa shape index (κ2) is 6.26. The van der Waals surface area contributed by atoms with Crippen molar-refractivity contribution in [2.24, 2.45) is 0 Å². The predicted octanol–water partition coefficient (Wildman–Crippen LogP) is 5.31. The first kappa shape index (κ1) is 18.6. The number of halogens is 6. The third kappa shape index (κ3) is 3.83. The molecule has 0 amide bonds. The average molecular weight is 365 g/mol. The number of ether oxygens (including phenoxy) is 1. The maximum Gasteiger partial charge on any atom is 0.417 e. The summed E-state index contributed by atoms with van der Waals surface area (Å²) in [4.78, 5) is 9.62. The van der Waals surface area contributed by atoms with Crippen molar-refractivity contribution in [1.29, 1.82) is 0 Å². The maximum absolute atomic E-state index is 13.2. The molecule has 0 atom stereocenters. The summed E-state index contributed by atoms with van der Waals surface area (Å²) >= 11 is 0. The number of nitrogens with zero attached hydrogens (tertiary/aromatic N) is 1. The van der Waals surface area contributed by atoms with Gasteiger partial charge in [-0.25, -0.2) is 0 Å². The molecule has 4 nitrogen and oxygen atoms in total. The molecule has 0 spiro atoms. The van der Waals surface area contributed by atoms with Gasteiger partial charge in [0.05, 0.1) is 23.2 Å². The Morgan fingerprint density at radius 2 is 1.36 bits per heavy atom. The number of hydrogen-bond acceptors (Lipinski definition) is 3. The highest BCUT2D eigenvalue weighted by molar-refractivity contribution is 5.74. The van der Waals surface area contributed by atoms with Gasteiger partial charge in [-0.05, 0) is 29.3 Å². The minimum atomic E-state index is -5.08. The van der Waals surface area contributed by atoms with E-state index in [0.717, 1.165) is 25.3 Å². The van der Waals surface area contributed by atoms with Crippen LogP contribution in [0.5, 0.6) is 5.75 Å². The predicted molar refractivity (Wildman–Crippen MR) is 75.1 cm³/mol. The molecule has 0 radical (unpaired) electrons. The molecule has 10 heteroatoms. The molecular weight excluding hydrogens is 356 g/mol. The van der Waals surface area contributed by atoms with E-state index in [2.05, 4.69) is 4.74 Å². The lowest BCUT2D eigenvalue weighted by atomic mass is 9.94. The molecule has 2 aromatic carbocycles. The fourth-order valence-electron chi connectivity index (χ4n) is 2.23. The molecule has 134 valence electrons. The molecule has 0 N–H and O–H groups in total. The van der Waals surface area contributed by atoms with Gasteiger partial charge in [-0.1, -0.05) is 6.07 Å². The SMILES string of the molecule is COc1ccc(-c2ccc([N+](=O)[O-])cc2C(F)(F)F)c(C(F)(F)F)c1. The number of nitro benzene ring substituents is 1. The van der Waals surface area contributed by atoms with Gasteiger partial charge in [0.15, 0.2) is 0 Å². The molecule has 0 aliphatic rings. The fraction of sp³-hybridized carbons (Fsp3) is 0.200. The highest BCUT2D eigenvalue weighted by atomic mass is 19.4. The van der Waals surface area contributed by atoms with E-state index in [0.29, 0.717) is 12.1 Å². The first-order chi connectivity index (χ1) is 11.4. The van der Waals surface area contributed by atoms with Gasteiger partial charge in [-0.3, -0.25) is 10.1 Å². The molecule has 0 fully saturated rings. The average Bonchev–Trinajstić information content (AvgIpc) is 2.52. The van der Waals surface area contributed by atoms with Crippen molar-refractivity contribution in [2.45, 2.75) is 12.4 Å². The molecule has 0 saturated heterocycles. The van der Waals surface area contributed by atoms with Crippen LogP contribution in [-0.2, 0) is 12.4 Å². The topological polar surface area (TPSA) is 52.4 Å². The Morgan fingerprint density at radius 3 is 1.80 bits per heavy atom. The van der Waals surface area contributed by atoms with Gasteiger partial charge < -0.3 is 4.74 Å². The zero-order valence-corrected chi connectivity index (χ0v) is 12.4. The second-order valence-corrected chi connectivity index (χ2v) is 4.89. The minimum absolute atomic E-state index is 0.188. The summed E-state index contributed by atoms with van der Waals surface area (Å²) in [6.07, 6.45) is -10.0. The van der Waals surface area contributed by atoms with E-state index < -0.39 is 45.2 Å². The summed E-state index contributed by atoms with van der Waals surface area (Å²) in [5.74, 6) is -0.188. The van der Waals surface area contributed by atoms with E-state index in [4.69, 9.17) is 0 Å². The summed E-state index contributed by atoms with van der Waals surface area (Å²) in [5.41, 5.74) is -5.31. The van der Waals surface area contributed by atoms with E-state index in [9.17, 15) is 36.5 Å². The van der Waals surface area contributed by atoms with E-state index in [1.54, 1.807) is 0 Å². The van der Waals surface area contributed by atoms with Crippen LogP contribution in [0.4, 0.5) is 32.0 Å². The van der Waals surface area contributed by atoms with Crippen LogP contribution in [0.2, 0.25) is 0 Å². The van der Waals surface area contributed by atoms with Crippen molar-refractivity contribution >= 4 is 5.69 Å². The molecule has 0 aliphatic heterocycles. The van der Waals surface area contributed by atoms with Crippen LogP contribution in [0.25, 0.3) is 11.1 Å². The Labute approximate surface area is 136 Å². The Balaban J connectivity index is 2.80. The van der Waals surface area contributed by atoms with E-state index >= 15 is 0 Å². The number of hydrogen-bond donors (Lipinski definition) is 0. The number of benzene rings is 2. The van der Waals surface area contributed by atoms with Crippen LogP contribution in [-0.4, -0.2) is 12.0 Å². The maximum atomic E-state index is 13.2. The van der Waals surface area contributed by atoms with Crippen molar-refractivity contribution in [3.63, 3.8) is 0 Å². The van der Waals surface area contributed by atoms with Crippen molar-refractivity contribution in [1.82, 2.24) is 0 Å². The van der Waals surface area contributed by atoms with Crippen LogP contribution < -0.4 is 4.74 Å². The summed E-state index contributed by atoms with van der Waals surface area (Å²) in [7, 11) is 1.11. The molecular formula is C15H9F6NO3. The van der Waals surface area contributed by atoms with Crippen LogP contribution >= 0.6 is 0 Å². The van der Waals surface area contributed by atoms with E-state index in [1.165, 1.54) is 0 Å². The molecule has 0 aliphatic carbocycles. The lowest BCUT2D eigenvalue weighted by molar-refractivity contribution is -0.385. The molecule has 0 saturated carbocycles. The Morgan fingerprint density at radius 1 is 0.880 bits per heavy atom. The molecule has 0 unspecified atom stereocenters. The summed E-state index contributed by atoms with van der Waals surface area (Å²) in [6.45, 7) is 0. The van der Waals surface area contributed by atoms with Crippen molar-refractivity contribution in [2.75, 3.05) is 7.11 Å². The summed E-state index contributed by atoms with van der Waals surface area (Å²) < 4.78 is 84.1. The van der Waals surface area contributed by atoms with Crippen LogP contribution in [0.15, 0.2) is 36.4 Å². The molecule has 0 heterocycles. The van der Waals surface area contributed by atoms with Gasteiger partial charge in [-0.2, -0.15) is 26.3 Å². The third-order valence-electron chi connectivity index (χ3n) is 3.34. The molecule has 2 aromatic rings. The number of methoxy groups -OCH3 is 1. The highest BCUT2D eigenvalue weighted by Crippen LogP contribution is 2.44. The van der Waals surface area contributed by atoms with Crippen LogP contribution in [0.1, 0.15) is 11.1 Å².